The first-order chi connectivity index (χ1) is 10.3. The molecule has 0 N–H and O–H groups in total. The van der Waals surface area contributed by atoms with Gasteiger partial charge in [0.05, 0.1) is 15.9 Å². The van der Waals surface area contributed by atoms with Crippen molar-refractivity contribution in [2.75, 3.05) is 0 Å². The van der Waals surface area contributed by atoms with Crippen LogP contribution >= 0.6 is 11.6 Å². The zero-order valence-corrected chi connectivity index (χ0v) is 12.0. The van der Waals surface area contributed by atoms with Crippen LogP contribution in [0.3, 0.4) is 0 Å². The van der Waals surface area contributed by atoms with Crippen molar-refractivity contribution in [3.05, 3.63) is 63.9 Å². The monoisotopic (exact) mass is 296 g/mol. The van der Waals surface area contributed by atoms with Crippen molar-refractivity contribution in [1.82, 2.24) is 9.55 Å². The SMILES string of the molecule is O=c1c2ccccc2nc(-c2ccccc2Cl)n1C1CC1. The standard InChI is InChI=1S/C17H13ClN2O/c18-14-7-3-1-5-12(14)16-19-15-8-4-2-6-13(15)17(21)20(16)11-9-10-11/h1-8,11H,9-10H2. The predicted molar refractivity (Wildman–Crippen MR) is 84.7 cm³/mol. The van der Waals surface area contributed by atoms with Gasteiger partial charge in [-0.2, -0.15) is 0 Å². The molecule has 0 unspecified atom stereocenters. The van der Waals surface area contributed by atoms with Crippen molar-refractivity contribution in [3.8, 4) is 11.4 Å². The zero-order chi connectivity index (χ0) is 14.4. The Hall–Kier alpha value is -2.13. The molecule has 0 spiro atoms. The minimum Gasteiger partial charge on any atom is -0.289 e. The summed E-state index contributed by atoms with van der Waals surface area (Å²) in [7, 11) is 0. The quantitative estimate of drug-likeness (QED) is 0.715. The highest BCUT2D eigenvalue weighted by atomic mass is 35.5. The van der Waals surface area contributed by atoms with Gasteiger partial charge in [-0.05, 0) is 37.1 Å². The Morgan fingerprint density at radius 1 is 1.05 bits per heavy atom. The van der Waals surface area contributed by atoms with Crippen molar-refractivity contribution >= 4 is 22.5 Å². The van der Waals surface area contributed by atoms with E-state index in [0.717, 1.165) is 18.4 Å². The molecule has 104 valence electrons. The average Bonchev–Trinajstić information content (AvgIpc) is 3.32. The van der Waals surface area contributed by atoms with E-state index in [2.05, 4.69) is 0 Å². The Bertz CT molecular complexity index is 897. The summed E-state index contributed by atoms with van der Waals surface area (Å²) in [4.78, 5) is 17.5. The van der Waals surface area contributed by atoms with Crippen LogP contribution in [0.15, 0.2) is 53.3 Å². The maximum Gasteiger partial charge on any atom is 0.261 e. The van der Waals surface area contributed by atoms with Gasteiger partial charge in [-0.15, -0.1) is 0 Å². The van der Waals surface area contributed by atoms with Crippen LogP contribution in [0, 0.1) is 0 Å². The molecule has 1 aliphatic carbocycles. The Morgan fingerprint density at radius 2 is 1.76 bits per heavy atom. The summed E-state index contributed by atoms with van der Waals surface area (Å²) in [6, 6.07) is 15.3. The number of fused-ring (bicyclic) bond motifs is 1. The van der Waals surface area contributed by atoms with Gasteiger partial charge in [-0.3, -0.25) is 9.36 Å². The summed E-state index contributed by atoms with van der Waals surface area (Å²) >= 11 is 6.30. The van der Waals surface area contributed by atoms with Crippen LogP contribution in [0.1, 0.15) is 18.9 Å². The molecule has 1 fully saturated rings. The van der Waals surface area contributed by atoms with Crippen molar-refractivity contribution in [3.63, 3.8) is 0 Å². The molecule has 4 heteroatoms. The number of nitrogens with zero attached hydrogens (tertiary/aromatic N) is 2. The second kappa shape index (κ2) is 4.71. The highest BCUT2D eigenvalue weighted by molar-refractivity contribution is 6.33. The molecule has 21 heavy (non-hydrogen) atoms. The third-order valence-corrected chi connectivity index (χ3v) is 4.16. The smallest absolute Gasteiger partial charge is 0.261 e. The van der Waals surface area contributed by atoms with Crippen molar-refractivity contribution in [2.45, 2.75) is 18.9 Å². The van der Waals surface area contributed by atoms with Gasteiger partial charge in [0.15, 0.2) is 0 Å². The molecule has 1 aliphatic rings. The Kier molecular flexibility index (Phi) is 2.82. The van der Waals surface area contributed by atoms with E-state index in [4.69, 9.17) is 16.6 Å². The van der Waals surface area contributed by atoms with Gasteiger partial charge in [-0.1, -0.05) is 35.9 Å². The van der Waals surface area contributed by atoms with E-state index in [0.29, 0.717) is 21.7 Å². The molecule has 3 aromatic rings. The molecule has 0 atom stereocenters. The summed E-state index contributed by atoms with van der Waals surface area (Å²) in [6.45, 7) is 0. The minimum absolute atomic E-state index is 0.0259. The molecule has 0 radical (unpaired) electrons. The molecule has 3 nitrogen and oxygen atoms in total. The van der Waals surface area contributed by atoms with Gasteiger partial charge in [0.25, 0.3) is 5.56 Å². The summed E-state index contributed by atoms with van der Waals surface area (Å²) in [5.74, 6) is 0.673. The average molecular weight is 297 g/mol. The van der Waals surface area contributed by atoms with Gasteiger partial charge >= 0.3 is 0 Å². The number of halogens is 1. The largest absolute Gasteiger partial charge is 0.289 e. The van der Waals surface area contributed by atoms with Gasteiger partial charge in [0.1, 0.15) is 5.82 Å². The van der Waals surface area contributed by atoms with Crippen LogP contribution in [0.25, 0.3) is 22.3 Å². The van der Waals surface area contributed by atoms with Crippen LogP contribution in [-0.2, 0) is 0 Å². The lowest BCUT2D eigenvalue weighted by Gasteiger charge is -2.13. The lowest BCUT2D eigenvalue weighted by atomic mass is 10.1. The molecule has 0 saturated heterocycles. The van der Waals surface area contributed by atoms with Gasteiger partial charge in [0, 0.05) is 11.6 Å². The van der Waals surface area contributed by atoms with Gasteiger partial charge < -0.3 is 0 Å². The molecule has 1 aromatic heterocycles. The van der Waals surface area contributed by atoms with E-state index in [1.807, 2.05) is 53.1 Å². The summed E-state index contributed by atoms with van der Waals surface area (Å²) in [5.41, 5.74) is 1.56. The first-order valence-electron chi connectivity index (χ1n) is 7.02. The number of hydrogen-bond acceptors (Lipinski definition) is 2. The molecular formula is C17H13ClN2O. The minimum atomic E-state index is 0.0259. The van der Waals surface area contributed by atoms with E-state index in [1.165, 1.54) is 0 Å². The van der Waals surface area contributed by atoms with Gasteiger partial charge in [0.2, 0.25) is 0 Å². The molecule has 1 heterocycles. The molecule has 1 saturated carbocycles. The van der Waals surface area contributed by atoms with Crippen molar-refractivity contribution in [1.29, 1.82) is 0 Å². The van der Waals surface area contributed by atoms with Crippen molar-refractivity contribution in [2.24, 2.45) is 0 Å². The van der Waals surface area contributed by atoms with Crippen LogP contribution in [0.2, 0.25) is 5.02 Å². The third-order valence-electron chi connectivity index (χ3n) is 3.83. The normalized spacial score (nSPS) is 14.5. The van der Waals surface area contributed by atoms with E-state index in [1.54, 1.807) is 0 Å². The Morgan fingerprint density at radius 3 is 2.52 bits per heavy atom. The fourth-order valence-electron chi connectivity index (χ4n) is 2.65. The second-order valence-electron chi connectivity index (χ2n) is 5.34. The number of aromatic nitrogens is 2. The van der Waals surface area contributed by atoms with E-state index >= 15 is 0 Å². The summed E-state index contributed by atoms with van der Waals surface area (Å²) in [5, 5.41) is 1.29. The number of rotatable bonds is 2. The number of benzene rings is 2. The second-order valence-corrected chi connectivity index (χ2v) is 5.75. The molecule has 0 aliphatic heterocycles. The summed E-state index contributed by atoms with van der Waals surface area (Å²) in [6.07, 6.45) is 2.05. The van der Waals surface area contributed by atoms with Crippen LogP contribution in [0.5, 0.6) is 0 Å². The maximum atomic E-state index is 12.8. The van der Waals surface area contributed by atoms with Crippen LogP contribution in [-0.4, -0.2) is 9.55 Å². The third kappa shape index (κ3) is 2.05. The van der Waals surface area contributed by atoms with Gasteiger partial charge in [-0.25, -0.2) is 4.98 Å². The van der Waals surface area contributed by atoms with E-state index in [-0.39, 0.29) is 11.6 Å². The number of para-hydroxylation sites is 1. The molecular weight excluding hydrogens is 284 g/mol. The summed E-state index contributed by atoms with van der Waals surface area (Å²) < 4.78 is 1.81. The van der Waals surface area contributed by atoms with E-state index < -0.39 is 0 Å². The first-order valence-corrected chi connectivity index (χ1v) is 7.39. The molecule has 0 bridgehead atoms. The molecule has 0 amide bonds. The fourth-order valence-corrected chi connectivity index (χ4v) is 2.87. The molecule has 4 rings (SSSR count). The highest BCUT2D eigenvalue weighted by Gasteiger charge is 2.29. The Labute approximate surface area is 126 Å². The zero-order valence-electron chi connectivity index (χ0n) is 11.3. The van der Waals surface area contributed by atoms with Crippen LogP contribution < -0.4 is 5.56 Å². The Balaban J connectivity index is 2.10. The maximum absolute atomic E-state index is 12.8. The fraction of sp³-hybridized carbons (Fsp3) is 0.176. The number of hydrogen-bond donors (Lipinski definition) is 0. The van der Waals surface area contributed by atoms with Crippen molar-refractivity contribution < 1.29 is 0 Å². The topological polar surface area (TPSA) is 34.9 Å². The predicted octanol–water partition coefficient (Wildman–Crippen LogP) is 4.05. The lowest BCUT2D eigenvalue weighted by Crippen LogP contribution is -2.22. The lowest BCUT2D eigenvalue weighted by molar-refractivity contribution is 0.708. The van der Waals surface area contributed by atoms with E-state index in [9.17, 15) is 4.79 Å². The molecule has 2 aromatic carbocycles. The highest BCUT2D eigenvalue weighted by Crippen LogP contribution is 2.38. The first kappa shape index (κ1) is 12.6. The van der Waals surface area contributed by atoms with Crippen LogP contribution in [0.4, 0.5) is 0 Å².